The maximum absolute atomic E-state index is 11.3. The Labute approximate surface area is 85.2 Å². The minimum Gasteiger partial charge on any atom is -0.469 e. The lowest BCUT2D eigenvalue weighted by atomic mass is 10.1. The summed E-state index contributed by atoms with van der Waals surface area (Å²) in [5.74, 6) is -0.0860. The summed E-state index contributed by atoms with van der Waals surface area (Å²) in [7, 11) is 1.45. The van der Waals surface area contributed by atoms with Gasteiger partial charge in [0.1, 0.15) is 0 Å². The van der Waals surface area contributed by atoms with Gasteiger partial charge in [0.25, 0.3) is 0 Å². The Morgan fingerprint density at radius 3 is 2.64 bits per heavy atom. The Kier molecular flexibility index (Phi) is 4.90. The van der Waals surface area contributed by atoms with Gasteiger partial charge in [0.15, 0.2) is 0 Å². The molecule has 4 heteroatoms. The van der Waals surface area contributed by atoms with E-state index in [1.54, 1.807) is 0 Å². The summed E-state index contributed by atoms with van der Waals surface area (Å²) in [5, 5.41) is 0. The van der Waals surface area contributed by atoms with E-state index >= 15 is 0 Å². The van der Waals surface area contributed by atoms with Crippen molar-refractivity contribution in [3.05, 3.63) is 0 Å². The van der Waals surface area contributed by atoms with Gasteiger partial charge in [0.05, 0.1) is 26.2 Å². The highest BCUT2D eigenvalue weighted by molar-refractivity contribution is 5.72. The number of rotatable bonds is 4. The largest absolute Gasteiger partial charge is 0.469 e. The van der Waals surface area contributed by atoms with Crippen LogP contribution in [-0.2, 0) is 14.3 Å². The maximum atomic E-state index is 11.3. The van der Waals surface area contributed by atoms with Crippen molar-refractivity contribution >= 4 is 5.97 Å². The molecule has 1 heterocycles. The van der Waals surface area contributed by atoms with Crippen LogP contribution in [0.15, 0.2) is 0 Å². The molecule has 1 saturated heterocycles. The Morgan fingerprint density at radius 2 is 2.14 bits per heavy atom. The molecule has 1 fully saturated rings. The molecule has 1 aliphatic rings. The summed E-state index contributed by atoms with van der Waals surface area (Å²) in [6.07, 6.45) is 0.837. The fourth-order valence-electron chi connectivity index (χ4n) is 1.63. The third-order valence-corrected chi connectivity index (χ3v) is 2.61. The van der Waals surface area contributed by atoms with E-state index in [1.807, 2.05) is 6.92 Å². The van der Waals surface area contributed by atoms with E-state index in [-0.39, 0.29) is 11.9 Å². The van der Waals surface area contributed by atoms with Crippen LogP contribution in [0.5, 0.6) is 0 Å². The van der Waals surface area contributed by atoms with Crippen LogP contribution in [-0.4, -0.2) is 50.8 Å². The molecule has 14 heavy (non-hydrogen) atoms. The zero-order valence-corrected chi connectivity index (χ0v) is 8.99. The highest BCUT2D eigenvalue weighted by atomic mass is 16.5. The molecule has 0 saturated carbocycles. The van der Waals surface area contributed by atoms with Crippen LogP contribution in [0.2, 0.25) is 0 Å². The third-order valence-electron chi connectivity index (χ3n) is 2.61. The molecule has 0 amide bonds. The van der Waals surface area contributed by atoms with Crippen LogP contribution >= 0.6 is 0 Å². The van der Waals surface area contributed by atoms with Crippen LogP contribution in [0.1, 0.15) is 13.3 Å². The average molecular weight is 201 g/mol. The van der Waals surface area contributed by atoms with Crippen molar-refractivity contribution in [1.82, 2.24) is 4.90 Å². The molecule has 4 nitrogen and oxygen atoms in total. The lowest BCUT2D eigenvalue weighted by Gasteiger charge is -2.29. The first kappa shape index (κ1) is 11.5. The van der Waals surface area contributed by atoms with Gasteiger partial charge < -0.3 is 9.47 Å². The number of hydrogen-bond acceptors (Lipinski definition) is 4. The van der Waals surface area contributed by atoms with E-state index in [4.69, 9.17) is 9.47 Å². The predicted molar refractivity (Wildman–Crippen MR) is 53.1 cm³/mol. The molecule has 0 aliphatic carbocycles. The highest BCUT2D eigenvalue weighted by Crippen LogP contribution is 2.09. The number of carbonyl (C=O) groups is 1. The maximum Gasteiger partial charge on any atom is 0.309 e. The van der Waals surface area contributed by atoms with E-state index < -0.39 is 0 Å². The molecular weight excluding hydrogens is 182 g/mol. The predicted octanol–water partition coefficient (Wildman–Crippen LogP) is 0.518. The average Bonchev–Trinajstić information content (AvgIpc) is 2.26. The van der Waals surface area contributed by atoms with E-state index in [0.29, 0.717) is 0 Å². The molecule has 0 spiro atoms. The van der Waals surface area contributed by atoms with Crippen LogP contribution < -0.4 is 0 Å². The van der Waals surface area contributed by atoms with Crippen molar-refractivity contribution in [2.75, 3.05) is 40.0 Å². The van der Waals surface area contributed by atoms with Crippen LogP contribution in [0.25, 0.3) is 0 Å². The topological polar surface area (TPSA) is 38.8 Å². The Hall–Kier alpha value is -0.610. The van der Waals surface area contributed by atoms with Crippen LogP contribution in [0.4, 0.5) is 0 Å². The monoisotopic (exact) mass is 201 g/mol. The number of hydrogen-bond donors (Lipinski definition) is 0. The zero-order chi connectivity index (χ0) is 10.4. The molecular formula is C10H19NO3. The lowest BCUT2D eigenvalue weighted by molar-refractivity contribution is -0.146. The normalized spacial score (nSPS) is 20.4. The molecule has 0 aromatic heterocycles. The summed E-state index contributed by atoms with van der Waals surface area (Å²) in [6.45, 7) is 6.21. The summed E-state index contributed by atoms with van der Waals surface area (Å²) in [5.41, 5.74) is 0. The Morgan fingerprint density at radius 1 is 1.50 bits per heavy atom. The lowest BCUT2D eigenvalue weighted by Crippen LogP contribution is -2.41. The molecule has 0 aromatic carbocycles. The molecule has 82 valence electrons. The molecule has 0 aromatic rings. The van der Waals surface area contributed by atoms with Gasteiger partial charge in [-0.05, 0) is 6.42 Å². The smallest absolute Gasteiger partial charge is 0.309 e. The first-order chi connectivity index (χ1) is 6.77. The van der Waals surface area contributed by atoms with Crippen molar-refractivity contribution < 1.29 is 14.3 Å². The molecule has 1 unspecified atom stereocenters. The highest BCUT2D eigenvalue weighted by Gasteiger charge is 2.21. The van der Waals surface area contributed by atoms with Gasteiger partial charge in [-0.3, -0.25) is 9.69 Å². The molecule has 0 N–H and O–H groups in total. The van der Waals surface area contributed by atoms with Crippen molar-refractivity contribution in [2.24, 2.45) is 5.92 Å². The van der Waals surface area contributed by atoms with Crippen molar-refractivity contribution in [1.29, 1.82) is 0 Å². The first-order valence-corrected chi connectivity index (χ1v) is 5.15. The number of nitrogens with zero attached hydrogens (tertiary/aromatic N) is 1. The van der Waals surface area contributed by atoms with Gasteiger partial charge in [-0.2, -0.15) is 0 Å². The molecule has 0 bridgehead atoms. The number of esters is 1. The Balaban J connectivity index is 2.34. The minimum atomic E-state index is -0.0982. The summed E-state index contributed by atoms with van der Waals surface area (Å²) in [6, 6.07) is 0. The van der Waals surface area contributed by atoms with Gasteiger partial charge in [0.2, 0.25) is 0 Å². The second-order valence-corrected chi connectivity index (χ2v) is 3.54. The zero-order valence-electron chi connectivity index (χ0n) is 8.99. The first-order valence-electron chi connectivity index (χ1n) is 5.15. The van der Waals surface area contributed by atoms with E-state index in [1.165, 1.54) is 7.11 Å². The summed E-state index contributed by atoms with van der Waals surface area (Å²) in [4.78, 5) is 13.6. The van der Waals surface area contributed by atoms with Gasteiger partial charge >= 0.3 is 5.97 Å². The van der Waals surface area contributed by atoms with Gasteiger partial charge in [-0.15, -0.1) is 0 Å². The van der Waals surface area contributed by atoms with Gasteiger partial charge in [0, 0.05) is 19.6 Å². The quantitative estimate of drug-likeness (QED) is 0.621. The summed E-state index contributed by atoms with van der Waals surface area (Å²) >= 11 is 0. The molecule has 1 rings (SSSR count). The minimum absolute atomic E-state index is 0.0121. The van der Waals surface area contributed by atoms with Gasteiger partial charge in [-0.1, -0.05) is 6.92 Å². The molecule has 0 radical (unpaired) electrons. The second kappa shape index (κ2) is 5.98. The molecule has 1 atom stereocenters. The van der Waals surface area contributed by atoms with Gasteiger partial charge in [-0.25, -0.2) is 0 Å². The number of morpholine rings is 1. The SMILES string of the molecule is CCC(CN1CCOCC1)C(=O)OC. The molecule has 1 aliphatic heterocycles. The summed E-state index contributed by atoms with van der Waals surface area (Å²) < 4.78 is 9.99. The number of ether oxygens (including phenoxy) is 2. The Bertz CT molecular complexity index is 178. The van der Waals surface area contributed by atoms with Crippen molar-refractivity contribution in [2.45, 2.75) is 13.3 Å². The number of methoxy groups -OCH3 is 1. The van der Waals surface area contributed by atoms with Crippen molar-refractivity contribution in [3.8, 4) is 0 Å². The second-order valence-electron chi connectivity index (χ2n) is 3.54. The fourth-order valence-corrected chi connectivity index (χ4v) is 1.63. The van der Waals surface area contributed by atoms with E-state index in [0.717, 1.165) is 39.3 Å². The number of carbonyl (C=O) groups excluding carboxylic acids is 1. The van der Waals surface area contributed by atoms with Crippen LogP contribution in [0, 0.1) is 5.92 Å². The van der Waals surface area contributed by atoms with E-state index in [2.05, 4.69) is 4.90 Å². The fraction of sp³-hybridized carbons (Fsp3) is 0.900. The standard InChI is InChI=1S/C10H19NO3/c1-3-9(10(12)13-2)8-11-4-6-14-7-5-11/h9H,3-8H2,1-2H3. The van der Waals surface area contributed by atoms with Crippen molar-refractivity contribution in [3.63, 3.8) is 0 Å². The third kappa shape index (κ3) is 3.27. The van der Waals surface area contributed by atoms with Crippen LogP contribution in [0.3, 0.4) is 0 Å². The van der Waals surface area contributed by atoms with E-state index in [9.17, 15) is 4.79 Å².